The van der Waals surface area contributed by atoms with E-state index in [2.05, 4.69) is 0 Å². The zero-order valence-corrected chi connectivity index (χ0v) is 10.00. The van der Waals surface area contributed by atoms with Crippen molar-refractivity contribution in [1.29, 1.82) is 0 Å². The van der Waals surface area contributed by atoms with E-state index in [9.17, 15) is 18.3 Å². The third-order valence-corrected chi connectivity index (χ3v) is 3.67. The van der Waals surface area contributed by atoms with Crippen molar-refractivity contribution in [3.8, 4) is 0 Å². The molecule has 0 heterocycles. The Morgan fingerprint density at radius 1 is 1.28 bits per heavy atom. The maximum atomic E-state index is 12.9. The van der Waals surface area contributed by atoms with Gasteiger partial charge in [-0.25, -0.2) is 0 Å². The van der Waals surface area contributed by atoms with Crippen LogP contribution in [-0.4, -0.2) is 17.8 Å². The number of aliphatic hydroxyl groups excluding tert-OH is 1. The summed E-state index contributed by atoms with van der Waals surface area (Å²) in [7, 11) is 1.43. The number of benzene rings is 1. The van der Waals surface area contributed by atoms with Crippen LogP contribution in [0.5, 0.6) is 0 Å². The highest BCUT2D eigenvalue weighted by Gasteiger charge is 2.47. The van der Waals surface area contributed by atoms with Crippen molar-refractivity contribution in [2.75, 3.05) is 7.11 Å². The highest BCUT2D eigenvalue weighted by Crippen LogP contribution is 2.47. The van der Waals surface area contributed by atoms with Gasteiger partial charge in [0.2, 0.25) is 0 Å². The number of hydrogen-bond donors (Lipinski definition) is 1. The van der Waals surface area contributed by atoms with Gasteiger partial charge < -0.3 is 9.84 Å². The predicted molar refractivity (Wildman–Crippen MR) is 60.0 cm³/mol. The molecule has 5 heteroatoms. The molecule has 1 fully saturated rings. The highest BCUT2D eigenvalue weighted by molar-refractivity contribution is 5.33. The van der Waals surface area contributed by atoms with Gasteiger partial charge in [-0.3, -0.25) is 0 Å². The number of hydrogen-bond acceptors (Lipinski definition) is 2. The van der Waals surface area contributed by atoms with E-state index in [4.69, 9.17) is 4.74 Å². The number of aliphatic hydroxyl groups is 1. The average molecular weight is 260 g/mol. The summed E-state index contributed by atoms with van der Waals surface area (Å²) >= 11 is 0. The zero-order valence-electron chi connectivity index (χ0n) is 10.00. The van der Waals surface area contributed by atoms with Crippen LogP contribution < -0.4 is 0 Å². The second kappa shape index (κ2) is 4.55. The summed E-state index contributed by atoms with van der Waals surface area (Å²) in [5, 5.41) is 10.2. The molecule has 2 rings (SSSR count). The van der Waals surface area contributed by atoms with Crippen LogP contribution in [0.15, 0.2) is 24.3 Å². The molecule has 0 spiro atoms. The highest BCUT2D eigenvalue weighted by atomic mass is 19.4. The van der Waals surface area contributed by atoms with Crippen molar-refractivity contribution in [3.63, 3.8) is 0 Å². The van der Waals surface area contributed by atoms with Crippen molar-refractivity contribution < 1.29 is 23.0 Å². The molecule has 1 N–H and O–H groups in total. The molecule has 2 nitrogen and oxygen atoms in total. The number of alkyl halides is 3. The maximum absolute atomic E-state index is 12.9. The topological polar surface area (TPSA) is 29.5 Å². The van der Waals surface area contributed by atoms with Crippen LogP contribution >= 0.6 is 0 Å². The molecule has 100 valence electrons. The third-order valence-electron chi connectivity index (χ3n) is 3.67. The van der Waals surface area contributed by atoms with Gasteiger partial charge in [0.25, 0.3) is 0 Å². The van der Waals surface area contributed by atoms with Gasteiger partial charge in [-0.2, -0.15) is 13.2 Å². The van der Waals surface area contributed by atoms with Gasteiger partial charge in [0.1, 0.15) is 6.10 Å². The molecule has 1 aromatic rings. The van der Waals surface area contributed by atoms with E-state index in [0.29, 0.717) is 12.8 Å². The van der Waals surface area contributed by atoms with Gasteiger partial charge in [-0.1, -0.05) is 18.2 Å². The van der Waals surface area contributed by atoms with Crippen LogP contribution in [-0.2, 0) is 10.9 Å². The summed E-state index contributed by atoms with van der Waals surface area (Å²) in [4.78, 5) is 0. The third kappa shape index (κ3) is 2.12. The Balaban J connectivity index is 2.39. The standard InChI is InChI=1S/C13H15F3O2/c1-18-12(7-4-8-12)11(17)9-5-2-3-6-10(9)13(14,15)16/h2-3,5-6,11,17H,4,7-8H2,1H3. The predicted octanol–water partition coefficient (Wildman–Crippen LogP) is 3.31. The Morgan fingerprint density at radius 3 is 2.33 bits per heavy atom. The van der Waals surface area contributed by atoms with E-state index in [1.807, 2.05) is 0 Å². The fourth-order valence-electron chi connectivity index (χ4n) is 2.39. The van der Waals surface area contributed by atoms with Gasteiger partial charge in [0.15, 0.2) is 0 Å². The van der Waals surface area contributed by atoms with Gasteiger partial charge in [-0.05, 0) is 30.9 Å². The lowest BCUT2D eigenvalue weighted by molar-refractivity contribution is -0.160. The van der Waals surface area contributed by atoms with E-state index in [1.165, 1.54) is 25.3 Å². The van der Waals surface area contributed by atoms with Crippen LogP contribution in [0.3, 0.4) is 0 Å². The Morgan fingerprint density at radius 2 is 1.89 bits per heavy atom. The molecule has 0 radical (unpaired) electrons. The normalized spacial score (nSPS) is 20.3. The van der Waals surface area contributed by atoms with Gasteiger partial charge in [0.05, 0.1) is 11.2 Å². The van der Waals surface area contributed by atoms with Gasteiger partial charge >= 0.3 is 6.18 Å². The molecule has 0 aliphatic heterocycles. The Bertz CT molecular complexity index is 419. The van der Waals surface area contributed by atoms with Crippen molar-refractivity contribution in [3.05, 3.63) is 35.4 Å². The van der Waals surface area contributed by atoms with Crippen molar-refractivity contribution >= 4 is 0 Å². The molecule has 1 aromatic carbocycles. The van der Waals surface area contributed by atoms with Crippen LogP contribution in [0.25, 0.3) is 0 Å². The van der Waals surface area contributed by atoms with E-state index in [-0.39, 0.29) is 5.56 Å². The van der Waals surface area contributed by atoms with Crippen LogP contribution in [0.4, 0.5) is 13.2 Å². The first-order chi connectivity index (χ1) is 8.41. The minimum Gasteiger partial charge on any atom is -0.385 e. The van der Waals surface area contributed by atoms with Crippen LogP contribution in [0, 0.1) is 0 Å². The fraction of sp³-hybridized carbons (Fsp3) is 0.538. The molecule has 18 heavy (non-hydrogen) atoms. The summed E-state index contributed by atoms with van der Waals surface area (Å²) in [6.45, 7) is 0. The van der Waals surface area contributed by atoms with E-state index >= 15 is 0 Å². The first-order valence-electron chi connectivity index (χ1n) is 5.80. The van der Waals surface area contributed by atoms with Crippen molar-refractivity contribution in [1.82, 2.24) is 0 Å². The lowest BCUT2D eigenvalue weighted by Crippen LogP contribution is -2.45. The first kappa shape index (κ1) is 13.4. The van der Waals surface area contributed by atoms with Crippen LogP contribution in [0.1, 0.15) is 36.5 Å². The quantitative estimate of drug-likeness (QED) is 0.903. The Kier molecular flexibility index (Phi) is 3.38. The fourth-order valence-corrected chi connectivity index (χ4v) is 2.39. The maximum Gasteiger partial charge on any atom is 0.416 e. The average Bonchev–Trinajstić information content (AvgIpc) is 2.27. The summed E-state index contributed by atoms with van der Waals surface area (Å²) in [6, 6.07) is 5.11. The molecule has 1 saturated carbocycles. The molecule has 1 aliphatic carbocycles. The summed E-state index contributed by atoms with van der Waals surface area (Å²) in [6.07, 6.45) is -3.68. The molecular weight excluding hydrogens is 245 g/mol. The van der Waals surface area contributed by atoms with Gasteiger partial charge in [0, 0.05) is 7.11 Å². The number of rotatable bonds is 3. The van der Waals surface area contributed by atoms with Crippen molar-refractivity contribution in [2.24, 2.45) is 0 Å². The lowest BCUT2D eigenvalue weighted by atomic mass is 9.73. The molecule has 0 bridgehead atoms. The Labute approximate surface area is 103 Å². The second-order valence-electron chi connectivity index (χ2n) is 4.61. The molecule has 1 atom stereocenters. The molecular formula is C13H15F3O2. The minimum atomic E-state index is -4.46. The number of ether oxygens (including phenoxy) is 1. The first-order valence-corrected chi connectivity index (χ1v) is 5.80. The van der Waals surface area contributed by atoms with Gasteiger partial charge in [-0.15, -0.1) is 0 Å². The largest absolute Gasteiger partial charge is 0.416 e. The smallest absolute Gasteiger partial charge is 0.385 e. The van der Waals surface area contributed by atoms with E-state index in [1.54, 1.807) is 0 Å². The second-order valence-corrected chi connectivity index (χ2v) is 4.61. The molecule has 1 unspecified atom stereocenters. The Hall–Kier alpha value is -1.07. The van der Waals surface area contributed by atoms with E-state index in [0.717, 1.165) is 12.5 Å². The van der Waals surface area contributed by atoms with Crippen LogP contribution in [0.2, 0.25) is 0 Å². The number of halogens is 3. The summed E-state index contributed by atoms with van der Waals surface area (Å²) in [5.41, 5.74) is -1.76. The summed E-state index contributed by atoms with van der Waals surface area (Å²) in [5.74, 6) is 0. The molecule has 0 aromatic heterocycles. The van der Waals surface area contributed by atoms with Crippen molar-refractivity contribution in [2.45, 2.75) is 37.1 Å². The molecule has 0 saturated heterocycles. The minimum absolute atomic E-state index is 0.105. The lowest BCUT2D eigenvalue weighted by Gasteiger charge is -2.44. The SMILES string of the molecule is COC1(C(O)c2ccccc2C(F)(F)F)CCC1. The summed E-state index contributed by atoms with van der Waals surface area (Å²) < 4.78 is 43.9. The zero-order chi connectivity index (χ0) is 13.4. The number of methoxy groups -OCH3 is 1. The molecule has 1 aliphatic rings. The molecule has 0 amide bonds. The van der Waals surface area contributed by atoms with E-state index < -0.39 is 23.4 Å². The monoisotopic (exact) mass is 260 g/mol.